The van der Waals surface area contributed by atoms with Crippen LogP contribution in [0.4, 0.5) is 0 Å². The van der Waals surface area contributed by atoms with Gasteiger partial charge >= 0.3 is 0 Å². The lowest BCUT2D eigenvalue weighted by atomic mass is 9.88. The van der Waals surface area contributed by atoms with Gasteiger partial charge in [0, 0.05) is 12.6 Å². The summed E-state index contributed by atoms with van der Waals surface area (Å²) in [6.07, 6.45) is 5.90. The molecule has 0 spiro atoms. The highest BCUT2D eigenvalue weighted by molar-refractivity contribution is 5.26. The zero-order chi connectivity index (χ0) is 12.6. The summed E-state index contributed by atoms with van der Waals surface area (Å²) in [6.45, 7) is 1.15. The lowest BCUT2D eigenvalue weighted by molar-refractivity contribution is -0.0260. The molecular weight excluding hydrogens is 222 g/mol. The summed E-state index contributed by atoms with van der Waals surface area (Å²) < 4.78 is 0. The molecule has 0 aliphatic heterocycles. The highest BCUT2D eigenvalue weighted by Gasteiger charge is 2.45. The van der Waals surface area contributed by atoms with Crippen molar-refractivity contribution in [3.05, 3.63) is 35.9 Å². The van der Waals surface area contributed by atoms with Crippen LogP contribution in [0.5, 0.6) is 0 Å². The largest absolute Gasteiger partial charge is 0.384 e. The molecule has 0 aromatic heterocycles. The van der Waals surface area contributed by atoms with Gasteiger partial charge in [-0.2, -0.15) is 0 Å². The van der Waals surface area contributed by atoms with E-state index in [1.807, 2.05) is 18.2 Å². The maximum absolute atomic E-state index is 11.1. The molecule has 0 bridgehead atoms. The fourth-order valence-corrected chi connectivity index (χ4v) is 3.45. The van der Waals surface area contributed by atoms with Gasteiger partial charge in [0.15, 0.2) is 0 Å². The second-order valence-corrected chi connectivity index (χ2v) is 6.08. The van der Waals surface area contributed by atoms with Crippen LogP contribution in [0, 0.1) is 5.92 Å². The Kier molecular flexibility index (Phi) is 3.16. The lowest BCUT2D eigenvalue weighted by Crippen LogP contribution is -2.46. The van der Waals surface area contributed by atoms with Crippen LogP contribution in [-0.2, 0) is 5.60 Å². The molecule has 0 saturated heterocycles. The average molecular weight is 245 g/mol. The van der Waals surface area contributed by atoms with Crippen molar-refractivity contribution in [3.63, 3.8) is 0 Å². The van der Waals surface area contributed by atoms with Gasteiger partial charge in [0.25, 0.3) is 0 Å². The minimum atomic E-state index is -0.634. The highest BCUT2D eigenvalue weighted by atomic mass is 16.3. The first-order chi connectivity index (χ1) is 8.70. The van der Waals surface area contributed by atoms with Gasteiger partial charge in [-0.1, -0.05) is 30.3 Å². The first-order valence-electron chi connectivity index (χ1n) is 7.18. The van der Waals surface area contributed by atoms with E-state index in [4.69, 9.17) is 0 Å². The number of rotatable bonds is 4. The van der Waals surface area contributed by atoms with Crippen LogP contribution in [0.15, 0.2) is 30.3 Å². The summed E-state index contributed by atoms with van der Waals surface area (Å²) in [4.78, 5) is 2.40. The van der Waals surface area contributed by atoms with Crippen molar-refractivity contribution in [1.82, 2.24) is 4.90 Å². The maximum Gasteiger partial charge on any atom is 0.105 e. The molecule has 2 aliphatic rings. The van der Waals surface area contributed by atoms with Crippen molar-refractivity contribution in [2.75, 3.05) is 13.6 Å². The SMILES string of the molecule is CN(CC1CC1)C1CCCC1(O)c1ccccc1. The van der Waals surface area contributed by atoms with E-state index in [1.54, 1.807) is 0 Å². The Hall–Kier alpha value is -0.860. The van der Waals surface area contributed by atoms with Crippen LogP contribution in [0.2, 0.25) is 0 Å². The Morgan fingerprint density at radius 2 is 1.94 bits per heavy atom. The fourth-order valence-electron chi connectivity index (χ4n) is 3.45. The van der Waals surface area contributed by atoms with Gasteiger partial charge in [-0.05, 0) is 50.6 Å². The summed E-state index contributed by atoms with van der Waals surface area (Å²) in [5, 5.41) is 11.1. The molecule has 1 aromatic rings. The molecule has 0 radical (unpaired) electrons. The van der Waals surface area contributed by atoms with Crippen LogP contribution >= 0.6 is 0 Å². The molecule has 2 heteroatoms. The number of hydrogen-bond acceptors (Lipinski definition) is 2. The number of aliphatic hydroxyl groups is 1. The Balaban J connectivity index is 1.80. The number of likely N-dealkylation sites (N-methyl/N-ethyl adjacent to an activating group) is 1. The third-order valence-corrected chi connectivity index (χ3v) is 4.64. The van der Waals surface area contributed by atoms with Crippen molar-refractivity contribution >= 4 is 0 Å². The second kappa shape index (κ2) is 4.67. The van der Waals surface area contributed by atoms with Gasteiger partial charge in [0.2, 0.25) is 0 Å². The van der Waals surface area contributed by atoms with Crippen LogP contribution in [0.25, 0.3) is 0 Å². The van der Waals surface area contributed by atoms with Crippen LogP contribution in [0.3, 0.4) is 0 Å². The van der Waals surface area contributed by atoms with E-state index < -0.39 is 5.60 Å². The molecule has 2 unspecified atom stereocenters. The summed E-state index contributed by atoms with van der Waals surface area (Å²) in [7, 11) is 2.18. The zero-order valence-corrected chi connectivity index (χ0v) is 11.2. The van der Waals surface area contributed by atoms with E-state index in [0.29, 0.717) is 6.04 Å². The lowest BCUT2D eigenvalue weighted by Gasteiger charge is -2.37. The molecule has 0 amide bonds. The molecule has 2 saturated carbocycles. The van der Waals surface area contributed by atoms with Gasteiger partial charge in [0.05, 0.1) is 0 Å². The van der Waals surface area contributed by atoms with Gasteiger partial charge in [-0.25, -0.2) is 0 Å². The normalized spacial score (nSPS) is 32.1. The summed E-state index contributed by atoms with van der Waals surface area (Å²) in [5.41, 5.74) is 0.459. The van der Waals surface area contributed by atoms with Crippen molar-refractivity contribution in [2.24, 2.45) is 5.92 Å². The van der Waals surface area contributed by atoms with Crippen LogP contribution in [-0.4, -0.2) is 29.6 Å². The van der Waals surface area contributed by atoms with E-state index in [1.165, 1.54) is 12.8 Å². The van der Waals surface area contributed by atoms with Crippen molar-refractivity contribution in [1.29, 1.82) is 0 Å². The molecule has 98 valence electrons. The van der Waals surface area contributed by atoms with Crippen molar-refractivity contribution in [2.45, 2.75) is 43.7 Å². The quantitative estimate of drug-likeness (QED) is 0.881. The molecule has 2 atom stereocenters. The molecule has 1 aromatic carbocycles. The minimum Gasteiger partial charge on any atom is -0.384 e. The average Bonchev–Trinajstić information content (AvgIpc) is 3.10. The van der Waals surface area contributed by atoms with Crippen molar-refractivity contribution in [3.8, 4) is 0 Å². The standard InChI is InChI=1S/C16H23NO/c1-17(12-13-9-10-13)15-8-5-11-16(15,18)14-6-3-2-4-7-14/h2-4,6-7,13,15,18H,5,8-12H2,1H3. The number of benzene rings is 1. The zero-order valence-electron chi connectivity index (χ0n) is 11.2. The van der Waals surface area contributed by atoms with Gasteiger partial charge in [-0.3, -0.25) is 4.90 Å². The van der Waals surface area contributed by atoms with E-state index in [0.717, 1.165) is 37.3 Å². The molecule has 0 heterocycles. The van der Waals surface area contributed by atoms with E-state index in [-0.39, 0.29) is 0 Å². The predicted octanol–water partition coefficient (Wildman–Crippen LogP) is 2.77. The summed E-state index contributed by atoms with van der Waals surface area (Å²) >= 11 is 0. The molecule has 2 fully saturated rings. The van der Waals surface area contributed by atoms with Gasteiger partial charge in [-0.15, -0.1) is 0 Å². The highest BCUT2D eigenvalue weighted by Crippen LogP contribution is 2.42. The maximum atomic E-state index is 11.1. The molecular formula is C16H23NO. The molecule has 3 rings (SSSR count). The minimum absolute atomic E-state index is 0.292. The summed E-state index contributed by atoms with van der Waals surface area (Å²) in [6, 6.07) is 10.5. The Morgan fingerprint density at radius 1 is 1.22 bits per heavy atom. The third-order valence-electron chi connectivity index (χ3n) is 4.64. The van der Waals surface area contributed by atoms with E-state index in [2.05, 4.69) is 24.1 Å². The molecule has 2 nitrogen and oxygen atoms in total. The third kappa shape index (κ3) is 2.19. The summed E-state index contributed by atoms with van der Waals surface area (Å²) in [5.74, 6) is 0.885. The second-order valence-electron chi connectivity index (χ2n) is 6.08. The number of hydrogen-bond donors (Lipinski definition) is 1. The Bertz CT molecular complexity index is 401. The number of nitrogens with zero attached hydrogens (tertiary/aromatic N) is 1. The Morgan fingerprint density at radius 3 is 2.61 bits per heavy atom. The monoisotopic (exact) mass is 245 g/mol. The molecule has 2 aliphatic carbocycles. The van der Waals surface area contributed by atoms with E-state index >= 15 is 0 Å². The Labute approximate surface area is 110 Å². The first-order valence-corrected chi connectivity index (χ1v) is 7.18. The smallest absolute Gasteiger partial charge is 0.105 e. The molecule has 1 N–H and O–H groups in total. The first kappa shape index (κ1) is 12.2. The van der Waals surface area contributed by atoms with Gasteiger partial charge in [0.1, 0.15) is 5.60 Å². The topological polar surface area (TPSA) is 23.5 Å². The van der Waals surface area contributed by atoms with Gasteiger partial charge < -0.3 is 5.11 Å². The van der Waals surface area contributed by atoms with E-state index in [9.17, 15) is 5.11 Å². The predicted molar refractivity (Wildman–Crippen MR) is 73.3 cm³/mol. The molecule has 18 heavy (non-hydrogen) atoms. The van der Waals surface area contributed by atoms with Crippen LogP contribution < -0.4 is 0 Å². The fraction of sp³-hybridized carbons (Fsp3) is 0.625. The van der Waals surface area contributed by atoms with Crippen molar-refractivity contribution < 1.29 is 5.11 Å². The van der Waals surface area contributed by atoms with Crippen LogP contribution in [0.1, 0.15) is 37.7 Å².